The molecule has 2 fully saturated rings. The second-order valence-electron chi connectivity index (χ2n) is 10.8. The van der Waals surface area contributed by atoms with Crippen molar-refractivity contribution in [2.24, 2.45) is 0 Å². The van der Waals surface area contributed by atoms with E-state index in [0.717, 1.165) is 48.0 Å². The summed E-state index contributed by atoms with van der Waals surface area (Å²) in [5.74, 6) is 0.998. The molecule has 0 saturated heterocycles. The van der Waals surface area contributed by atoms with Crippen LogP contribution in [0.4, 0.5) is 0 Å². The zero-order valence-corrected chi connectivity index (χ0v) is 21.4. The van der Waals surface area contributed by atoms with Crippen molar-refractivity contribution in [2.45, 2.75) is 116 Å². The van der Waals surface area contributed by atoms with E-state index in [2.05, 4.69) is 62.1 Å². The van der Waals surface area contributed by atoms with Gasteiger partial charge in [-0.1, -0.05) is 63.5 Å². The fourth-order valence-corrected chi connectivity index (χ4v) is 6.31. The van der Waals surface area contributed by atoms with Gasteiger partial charge in [-0.25, -0.2) is 4.68 Å². The number of pyridine rings is 1. The van der Waals surface area contributed by atoms with Crippen molar-refractivity contribution in [3.63, 3.8) is 0 Å². The number of fused-ring (bicyclic) bond motifs is 1. The van der Waals surface area contributed by atoms with Crippen LogP contribution in [0.1, 0.15) is 113 Å². The molecule has 2 aromatic heterocycles. The molecular formula is C28H40N6O. The predicted molar refractivity (Wildman–Crippen MR) is 139 cm³/mol. The summed E-state index contributed by atoms with van der Waals surface area (Å²) in [5.41, 5.74) is 2.96. The standard InChI is InChI=1S/C28H40N6O/c1-3-10-26(27-30-31-32-34(27)24-13-8-5-9-14-24)33(23-11-6-4-7-12-23)19-22-18-21-17-20(2)15-16-25(21)29-28(22)35/h15-18,23-24,26H,3-14,19H2,1-2H3,(H,29,35)/t26-/m1/s1. The molecule has 2 aliphatic carbocycles. The Bertz CT molecular complexity index is 1170. The molecule has 2 aliphatic rings. The fourth-order valence-electron chi connectivity index (χ4n) is 6.31. The molecule has 0 unspecified atom stereocenters. The van der Waals surface area contributed by atoms with E-state index in [1.54, 1.807) is 0 Å². The second kappa shape index (κ2) is 11.0. The third-order valence-corrected chi connectivity index (χ3v) is 8.17. The number of H-pyrrole nitrogens is 1. The van der Waals surface area contributed by atoms with Gasteiger partial charge in [0.2, 0.25) is 0 Å². The lowest BCUT2D eigenvalue weighted by atomic mass is 9.91. The summed E-state index contributed by atoms with van der Waals surface area (Å²) < 4.78 is 2.14. The third-order valence-electron chi connectivity index (χ3n) is 8.17. The highest BCUT2D eigenvalue weighted by atomic mass is 16.1. The zero-order chi connectivity index (χ0) is 24.2. The molecule has 7 nitrogen and oxygen atoms in total. The van der Waals surface area contributed by atoms with Gasteiger partial charge in [0.25, 0.3) is 5.56 Å². The molecule has 1 aromatic carbocycles. The third kappa shape index (κ3) is 5.35. The van der Waals surface area contributed by atoms with Crippen LogP contribution in [0.2, 0.25) is 0 Å². The highest BCUT2D eigenvalue weighted by Crippen LogP contribution is 2.36. The molecule has 188 valence electrons. The molecule has 0 radical (unpaired) electrons. The van der Waals surface area contributed by atoms with Crippen LogP contribution in [-0.4, -0.2) is 36.1 Å². The predicted octanol–water partition coefficient (Wildman–Crippen LogP) is 6.00. The van der Waals surface area contributed by atoms with E-state index in [1.165, 1.54) is 56.9 Å². The Morgan fingerprint density at radius 1 is 1.06 bits per heavy atom. The number of benzene rings is 1. The lowest BCUT2D eigenvalue weighted by molar-refractivity contribution is 0.0789. The monoisotopic (exact) mass is 476 g/mol. The van der Waals surface area contributed by atoms with E-state index in [0.29, 0.717) is 18.6 Å². The first-order valence-electron chi connectivity index (χ1n) is 13.8. The molecule has 35 heavy (non-hydrogen) atoms. The van der Waals surface area contributed by atoms with Crippen molar-refractivity contribution in [1.82, 2.24) is 30.1 Å². The first kappa shape index (κ1) is 24.2. The Morgan fingerprint density at radius 3 is 2.54 bits per heavy atom. The van der Waals surface area contributed by atoms with Crippen molar-refractivity contribution >= 4 is 10.9 Å². The highest BCUT2D eigenvalue weighted by molar-refractivity contribution is 5.79. The second-order valence-corrected chi connectivity index (χ2v) is 10.8. The summed E-state index contributed by atoms with van der Waals surface area (Å²) in [4.78, 5) is 18.9. The number of nitrogens with zero attached hydrogens (tertiary/aromatic N) is 5. The Labute approximate surface area is 208 Å². The molecule has 0 aliphatic heterocycles. The van der Waals surface area contributed by atoms with E-state index in [1.807, 2.05) is 6.07 Å². The van der Waals surface area contributed by atoms with Crippen LogP contribution in [0.3, 0.4) is 0 Å². The van der Waals surface area contributed by atoms with E-state index in [9.17, 15) is 4.79 Å². The molecule has 0 amide bonds. The van der Waals surface area contributed by atoms with Gasteiger partial charge in [0, 0.05) is 23.7 Å². The minimum Gasteiger partial charge on any atom is -0.322 e. The fraction of sp³-hybridized carbons (Fsp3) is 0.643. The minimum atomic E-state index is 0.0179. The van der Waals surface area contributed by atoms with E-state index in [4.69, 9.17) is 0 Å². The van der Waals surface area contributed by atoms with Crippen molar-refractivity contribution < 1.29 is 0 Å². The van der Waals surface area contributed by atoms with Gasteiger partial charge in [-0.3, -0.25) is 9.69 Å². The van der Waals surface area contributed by atoms with Crippen LogP contribution in [0.15, 0.2) is 29.1 Å². The number of hydrogen-bond acceptors (Lipinski definition) is 5. The van der Waals surface area contributed by atoms with Crippen molar-refractivity contribution in [3.8, 4) is 0 Å². The number of aromatic nitrogens is 5. The minimum absolute atomic E-state index is 0.0179. The molecule has 5 rings (SSSR count). The summed E-state index contributed by atoms with van der Waals surface area (Å²) in [6.45, 7) is 4.97. The van der Waals surface area contributed by atoms with Gasteiger partial charge in [-0.05, 0) is 73.0 Å². The van der Waals surface area contributed by atoms with Crippen LogP contribution in [0, 0.1) is 6.92 Å². The van der Waals surface area contributed by atoms with Crippen LogP contribution in [0.25, 0.3) is 10.9 Å². The number of rotatable bonds is 8. The Hall–Kier alpha value is -2.54. The van der Waals surface area contributed by atoms with Crippen LogP contribution < -0.4 is 5.56 Å². The number of aryl methyl sites for hydroxylation is 1. The first-order chi connectivity index (χ1) is 17.1. The largest absolute Gasteiger partial charge is 0.322 e. The Kier molecular flexibility index (Phi) is 7.61. The average molecular weight is 477 g/mol. The number of tetrazole rings is 1. The van der Waals surface area contributed by atoms with Crippen LogP contribution in [0.5, 0.6) is 0 Å². The van der Waals surface area contributed by atoms with E-state index >= 15 is 0 Å². The number of aromatic amines is 1. The highest BCUT2D eigenvalue weighted by Gasteiger charge is 2.34. The quantitative estimate of drug-likeness (QED) is 0.431. The van der Waals surface area contributed by atoms with Gasteiger partial charge >= 0.3 is 0 Å². The molecule has 2 saturated carbocycles. The summed E-state index contributed by atoms with van der Waals surface area (Å²) in [6.07, 6.45) is 14.3. The average Bonchev–Trinajstić information content (AvgIpc) is 3.37. The molecule has 2 heterocycles. The van der Waals surface area contributed by atoms with Gasteiger partial charge in [0.1, 0.15) is 0 Å². The molecule has 0 bridgehead atoms. The normalized spacial score (nSPS) is 18.9. The van der Waals surface area contributed by atoms with Crippen LogP contribution >= 0.6 is 0 Å². The topological polar surface area (TPSA) is 79.7 Å². The van der Waals surface area contributed by atoms with Gasteiger partial charge in [-0.2, -0.15) is 0 Å². The Balaban J connectivity index is 1.53. The molecule has 3 aromatic rings. The lowest BCUT2D eigenvalue weighted by Gasteiger charge is -2.40. The maximum Gasteiger partial charge on any atom is 0.252 e. The molecule has 0 spiro atoms. The van der Waals surface area contributed by atoms with Crippen LogP contribution in [-0.2, 0) is 6.54 Å². The van der Waals surface area contributed by atoms with Crippen molar-refractivity contribution in [3.05, 3.63) is 51.6 Å². The summed E-state index contributed by atoms with van der Waals surface area (Å²) in [7, 11) is 0. The lowest BCUT2D eigenvalue weighted by Crippen LogP contribution is -2.41. The first-order valence-corrected chi connectivity index (χ1v) is 13.8. The molecule has 1 atom stereocenters. The smallest absolute Gasteiger partial charge is 0.252 e. The van der Waals surface area contributed by atoms with E-state index in [-0.39, 0.29) is 11.6 Å². The van der Waals surface area contributed by atoms with Crippen molar-refractivity contribution in [1.29, 1.82) is 0 Å². The number of hydrogen-bond donors (Lipinski definition) is 1. The maximum atomic E-state index is 13.2. The van der Waals surface area contributed by atoms with Gasteiger partial charge < -0.3 is 4.98 Å². The Morgan fingerprint density at radius 2 is 1.80 bits per heavy atom. The summed E-state index contributed by atoms with van der Waals surface area (Å²) >= 11 is 0. The maximum absolute atomic E-state index is 13.2. The summed E-state index contributed by atoms with van der Waals surface area (Å²) in [6, 6.07) is 9.28. The van der Waals surface area contributed by atoms with Crippen molar-refractivity contribution in [2.75, 3.05) is 0 Å². The molecular weight excluding hydrogens is 436 g/mol. The number of nitrogens with one attached hydrogen (secondary N) is 1. The van der Waals surface area contributed by atoms with E-state index < -0.39 is 0 Å². The zero-order valence-electron chi connectivity index (χ0n) is 21.4. The summed E-state index contributed by atoms with van der Waals surface area (Å²) in [5, 5.41) is 14.4. The van der Waals surface area contributed by atoms with Gasteiger partial charge in [-0.15, -0.1) is 5.10 Å². The molecule has 7 heteroatoms. The van der Waals surface area contributed by atoms with Gasteiger partial charge in [0.15, 0.2) is 5.82 Å². The van der Waals surface area contributed by atoms with Gasteiger partial charge in [0.05, 0.1) is 12.1 Å². The SMILES string of the molecule is CCC[C@H](c1nnnn1C1CCCCC1)N(Cc1cc2cc(C)ccc2[nH]c1=O)C1CCCCC1. The molecule has 1 N–H and O–H groups in total.